The summed E-state index contributed by atoms with van der Waals surface area (Å²) in [6.45, 7) is 1.97. The third-order valence-corrected chi connectivity index (χ3v) is 3.92. The molecule has 0 saturated heterocycles. The zero-order valence-electron chi connectivity index (χ0n) is 8.75. The fraction of sp³-hybridized carbons (Fsp3) is 0.300. The molecular formula is C10H8BrF3N2S. The van der Waals surface area contributed by atoms with Gasteiger partial charge in [-0.2, -0.15) is 13.2 Å². The lowest BCUT2D eigenvalue weighted by Gasteiger charge is -2.06. The molecule has 0 aliphatic rings. The second kappa shape index (κ2) is 4.53. The van der Waals surface area contributed by atoms with Crippen LogP contribution in [0.15, 0.2) is 28.0 Å². The SMILES string of the molecule is CCSc1c(Br)nc2cc(C(F)(F)F)ccn12. The molecule has 0 aliphatic carbocycles. The van der Waals surface area contributed by atoms with Gasteiger partial charge in [-0.3, -0.25) is 4.40 Å². The highest BCUT2D eigenvalue weighted by Gasteiger charge is 2.31. The second-order valence-corrected chi connectivity index (χ2v) is 5.29. The number of alkyl halides is 3. The highest BCUT2D eigenvalue weighted by Crippen LogP contribution is 2.33. The van der Waals surface area contributed by atoms with Gasteiger partial charge in [0.05, 0.1) is 5.56 Å². The number of fused-ring (bicyclic) bond motifs is 1. The summed E-state index contributed by atoms with van der Waals surface area (Å²) in [5, 5.41) is 0.816. The van der Waals surface area contributed by atoms with Gasteiger partial charge in [-0.1, -0.05) is 6.92 Å². The van der Waals surface area contributed by atoms with Crippen LogP contribution in [0.1, 0.15) is 12.5 Å². The molecule has 0 aliphatic heterocycles. The highest BCUT2D eigenvalue weighted by molar-refractivity contribution is 9.10. The van der Waals surface area contributed by atoms with Gasteiger partial charge in [0.1, 0.15) is 15.3 Å². The monoisotopic (exact) mass is 324 g/mol. The molecule has 0 radical (unpaired) electrons. The van der Waals surface area contributed by atoms with Crippen molar-refractivity contribution in [3.8, 4) is 0 Å². The van der Waals surface area contributed by atoms with Crippen LogP contribution < -0.4 is 0 Å². The maximum absolute atomic E-state index is 12.5. The summed E-state index contributed by atoms with van der Waals surface area (Å²) in [4.78, 5) is 4.06. The van der Waals surface area contributed by atoms with Crippen LogP contribution in [-0.4, -0.2) is 15.1 Å². The number of hydrogen-bond donors (Lipinski definition) is 0. The van der Waals surface area contributed by atoms with Gasteiger partial charge in [0.2, 0.25) is 0 Å². The van der Waals surface area contributed by atoms with Crippen molar-refractivity contribution in [2.45, 2.75) is 18.1 Å². The number of halogens is 4. The molecule has 92 valence electrons. The van der Waals surface area contributed by atoms with E-state index in [1.807, 2.05) is 6.92 Å². The summed E-state index contributed by atoms with van der Waals surface area (Å²) in [6, 6.07) is 2.10. The first-order valence-corrected chi connectivity index (χ1v) is 6.59. The van der Waals surface area contributed by atoms with Crippen molar-refractivity contribution >= 4 is 33.3 Å². The molecule has 0 amide bonds. The topological polar surface area (TPSA) is 17.3 Å². The predicted octanol–water partition coefficient (Wildman–Crippen LogP) is 4.23. The Morgan fingerprint density at radius 3 is 2.76 bits per heavy atom. The van der Waals surface area contributed by atoms with Gasteiger partial charge in [-0.25, -0.2) is 4.98 Å². The van der Waals surface area contributed by atoms with Crippen molar-refractivity contribution in [1.82, 2.24) is 9.38 Å². The van der Waals surface area contributed by atoms with E-state index in [-0.39, 0.29) is 0 Å². The number of nitrogens with zero attached hydrogens (tertiary/aromatic N) is 2. The lowest BCUT2D eigenvalue weighted by Crippen LogP contribution is -2.05. The van der Waals surface area contributed by atoms with Crippen molar-refractivity contribution in [3.63, 3.8) is 0 Å². The van der Waals surface area contributed by atoms with E-state index in [4.69, 9.17) is 0 Å². The van der Waals surface area contributed by atoms with Crippen LogP contribution in [0.5, 0.6) is 0 Å². The van der Waals surface area contributed by atoms with Crippen LogP contribution >= 0.6 is 27.7 Å². The number of thioether (sulfide) groups is 1. The van der Waals surface area contributed by atoms with Crippen molar-refractivity contribution in [1.29, 1.82) is 0 Å². The number of rotatable bonds is 2. The van der Waals surface area contributed by atoms with Crippen LogP contribution in [0.4, 0.5) is 13.2 Å². The summed E-state index contributed by atoms with van der Waals surface area (Å²) >= 11 is 4.78. The minimum atomic E-state index is -4.34. The smallest absolute Gasteiger partial charge is 0.294 e. The van der Waals surface area contributed by atoms with Crippen molar-refractivity contribution in [3.05, 3.63) is 28.5 Å². The zero-order chi connectivity index (χ0) is 12.6. The molecule has 7 heteroatoms. The van der Waals surface area contributed by atoms with Gasteiger partial charge < -0.3 is 0 Å². The van der Waals surface area contributed by atoms with Gasteiger partial charge in [-0.05, 0) is 33.8 Å². The lowest BCUT2D eigenvalue weighted by molar-refractivity contribution is -0.137. The molecule has 0 unspecified atom stereocenters. The molecule has 2 nitrogen and oxygen atoms in total. The molecule has 2 aromatic heterocycles. The van der Waals surface area contributed by atoms with Crippen LogP contribution in [0.25, 0.3) is 5.65 Å². The van der Waals surface area contributed by atoms with Crippen LogP contribution in [0.3, 0.4) is 0 Å². The molecule has 0 atom stereocenters. The average Bonchev–Trinajstić information content (AvgIpc) is 2.54. The number of aromatic nitrogens is 2. The lowest BCUT2D eigenvalue weighted by atomic mass is 10.2. The molecule has 2 aromatic rings. The van der Waals surface area contributed by atoms with Crippen molar-refractivity contribution in [2.24, 2.45) is 0 Å². The van der Waals surface area contributed by atoms with Crippen molar-refractivity contribution < 1.29 is 13.2 Å². The van der Waals surface area contributed by atoms with E-state index in [0.29, 0.717) is 10.3 Å². The molecule has 0 spiro atoms. The molecule has 0 aromatic carbocycles. The maximum Gasteiger partial charge on any atom is 0.416 e. The van der Waals surface area contributed by atoms with Gasteiger partial charge in [0, 0.05) is 6.20 Å². The highest BCUT2D eigenvalue weighted by atomic mass is 79.9. The summed E-state index contributed by atoms with van der Waals surface area (Å²) in [5.74, 6) is 0.827. The van der Waals surface area contributed by atoms with Crippen LogP contribution in [0, 0.1) is 0 Å². The van der Waals surface area contributed by atoms with Gasteiger partial charge >= 0.3 is 6.18 Å². The second-order valence-electron chi connectivity index (χ2n) is 3.28. The molecule has 0 bridgehead atoms. The molecule has 0 fully saturated rings. The van der Waals surface area contributed by atoms with E-state index in [0.717, 1.165) is 22.9 Å². The molecule has 2 heterocycles. The minimum absolute atomic E-state index is 0.294. The summed E-state index contributed by atoms with van der Waals surface area (Å²) < 4.78 is 39.8. The van der Waals surface area contributed by atoms with E-state index in [2.05, 4.69) is 20.9 Å². The van der Waals surface area contributed by atoms with E-state index >= 15 is 0 Å². The van der Waals surface area contributed by atoms with E-state index in [1.54, 1.807) is 4.40 Å². The Morgan fingerprint density at radius 2 is 2.18 bits per heavy atom. The Morgan fingerprint density at radius 1 is 1.47 bits per heavy atom. The molecule has 17 heavy (non-hydrogen) atoms. The third-order valence-electron chi connectivity index (χ3n) is 2.15. The summed E-state index contributed by atoms with van der Waals surface area (Å²) in [6.07, 6.45) is -2.94. The van der Waals surface area contributed by atoms with E-state index < -0.39 is 11.7 Å². The zero-order valence-corrected chi connectivity index (χ0v) is 11.2. The first kappa shape index (κ1) is 12.8. The normalized spacial score (nSPS) is 12.3. The quantitative estimate of drug-likeness (QED) is 0.769. The molecule has 2 rings (SSSR count). The fourth-order valence-electron chi connectivity index (χ4n) is 1.44. The first-order chi connectivity index (χ1) is 7.93. The Bertz CT molecular complexity index is 550. The average molecular weight is 325 g/mol. The largest absolute Gasteiger partial charge is 0.416 e. The van der Waals surface area contributed by atoms with Crippen LogP contribution in [-0.2, 0) is 6.18 Å². The number of pyridine rings is 1. The molecule has 0 saturated carbocycles. The Balaban J connectivity index is 2.58. The molecule has 0 N–H and O–H groups in total. The third kappa shape index (κ3) is 2.44. The van der Waals surface area contributed by atoms with Gasteiger partial charge in [-0.15, -0.1) is 11.8 Å². The summed E-state index contributed by atoms with van der Waals surface area (Å²) in [5.41, 5.74) is -0.391. The number of imidazole rings is 1. The summed E-state index contributed by atoms with van der Waals surface area (Å²) in [7, 11) is 0. The Hall–Kier alpha value is -0.690. The van der Waals surface area contributed by atoms with E-state index in [1.165, 1.54) is 18.0 Å². The van der Waals surface area contributed by atoms with Gasteiger partial charge in [0.25, 0.3) is 0 Å². The first-order valence-electron chi connectivity index (χ1n) is 4.81. The minimum Gasteiger partial charge on any atom is -0.294 e. The predicted molar refractivity (Wildman–Crippen MR) is 64.3 cm³/mol. The standard InChI is InChI=1S/C10H8BrF3N2S/c1-2-17-9-8(11)15-7-5-6(10(12,13)14)3-4-16(7)9/h3-5H,2H2,1H3. The Labute approximate surface area is 108 Å². The molecular weight excluding hydrogens is 317 g/mol. The van der Waals surface area contributed by atoms with Crippen LogP contribution in [0.2, 0.25) is 0 Å². The fourth-order valence-corrected chi connectivity index (χ4v) is 2.88. The van der Waals surface area contributed by atoms with Gasteiger partial charge in [0.15, 0.2) is 0 Å². The Kier molecular flexibility index (Phi) is 3.40. The number of hydrogen-bond acceptors (Lipinski definition) is 2. The maximum atomic E-state index is 12.5. The van der Waals surface area contributed by atoms with E-state index in [9.17, 15) is 13.2 Å². The van der Waals surface area contributed by atoms with Crippen molar-refractivity contribution in [2.75, 3.05) is 5.75 Å².